The van der Waals surface area contributed by atoms with Crippen LogP contribution in [0.4, 0.5) is 0 Å². The van der Waals surface area contributed by atoms with E-state index in [1.807, 2.05) is 6.92 Å². The highest BCUT2D eigenvalue weighted by Gasteiger charge is 2.28. The highest BCUT2D eigenvalue weighted by atomic mass is 16.5. The first-order valence-electron chi connectivity index (χ1n) is 6.39. The van der Waals surface area contributed by atoms with E-state index in [0.717, 1.165) is 25.7 Å². The lowest BCUT2D eigenvalue weighted by Crippen LogP contribution is -2.29. The maximum absolute atomic E-state index is 11.6. The van der Waals surface area contributed by atoms with Crippen molar-refractivity contribution in [2.75, 3.05) is 6.61 Å². The summed E-state index contributed by atoms with van der Waals surface area (Å²) < 4.78 is 10.8. The van der Waals surface area contributed by atoms with Gasteiger partial charge in [0.05, 0.1) is 12.5 Å². The lowest BCUT2D eigenvalue weighted by atomic mass is 9.87. The minimum Gasteiger partial charge on any atom is -0.474 e. The molecule has 0 atom stereocenters. The number of carbonyl (C=O) groups excluding carboxylic acids is 1. The maximum atomic E-state index is 11.6. The van der Waals surface area contributed by atoms with Crippen molar-refractivity contribution >= 4 is 5.97 Å². The fourth-order valence-corrected chi connectivity index (χ4v) is 2.20. The van der Waals surface area contributed by atoms with Gasteiger partial charge < -0.3 is 9.47 Å². The lowest BCUT2D eigenvalue weighted by molar-refractivity contribution is -0.149. The molecule has 5 nitrogen and oxygen atoms in total. The predicted molar refractivity (Wildman–Crippen MR) is 65.0 cm³/mol. The zero-order valence-corrected chi connectivity index (χ0v) is 10.5. The molecule has 0 saturated heterocycles. The third-order valence-electron chi connectivity index (χ3n) is 3.14. The van der Waals surface area contributed by atoms with Gasteiger partial charge in [0.25, 0.3) is 0 Å². The van der Waals surface area contributed by atoms with E-state index in [2.05, 4.69) is 9.97 Å². The Hall–Kier alpha value is -1.65. The summed E-state index contributed by atoms with van der Waals surface area (Å²) in [7, 11) is 0. The summed E-state index contributed by atoms with van der Waals surface area (Å²) >= 11 is 0. The summed E-state index contributed by atoms with van der Waals surface area (Å²) in [6, 6.07) is 1.75. The Labute approximate surface area is 107 Å². The first-order valence-corrected chi connectivity index (χ1v) is 6.39. The van der Waals surface area contributed by atoms with Crippen molar-refractivity contribution in [3.8, 4) is 5.88 Å². The number of ether oxygens (including phenoxy) is 2. The van der Waals surface area contributed by atoms with Gasteiger partial charge in [-0.2, -0.15) is 0 Å². The molecule has 0 bridgehead atoms. The van der Waals surface area contributed by atoms with Crippen LogP contribution in [0.25, 0.3) is 0 Å². The number of hydrogen-bond donors (Lipinski definition) is 0. The number of carbonyl (C=O) groups is 1. The van der Waals surface area contributed by atoms with Gasteiger partial charge in [-0.15, -0.1) is 0 Å². The molecule has 0 radical (unpaired) electrons. The van der Waals surface area contributed by atoms with E-state index in [1.165, 1.54) is 6.33 Å². The van der Waals surface area contributed by atoms with E-state index in [0.29, 0.717) is 12.5 Å². The van der Waals surface area contributed by atoms with Crippen LogP contribution in [0.15, 0.2) is 18.6 Å². The van der Waals surface area contributed by atoms with E-state index >= 15 is 0 Å². The van der Waals surface area contributed by atoms with Crippen LogP contribution >= 0.6 is 0 Å². The molecule has 1 saturated carbocycles. The van der Waals surface area contributed by atoms with Crippen LogP contribution in [0.2, 0.25) is 0 Å². The molecule has 18 heavy (non-hydrogen) atoms. The van der Waals surface area contributed by atoms with E-state index < -0.39 is 0 Å². The van der Waals surface area contributed by atoms with Crippen molar-refractivity contribution in [2.24, 2.45) is 5.92 Å². The maximum Gasteiger partial charge on any atom is 0.308 e. The van der Waals surface area contributed by atoms with Gasteiger partial charge in [-0.25, -0.2) is 9.97 Å². The molecule has 5 heteroatoms. The fourth-order valence-electron chi connectivity index (χ4n) is 2.20. The molecule has 1 aliphatic rings. The van der Waals surface area contributed by atoms with Crippen LogP contribution < -0.4 is 4.74 Å². The Kier molecular flexibility index (Phi) is 4.50. The molecule has 2 rings (SSSR count). The van der Waals surface area contributed by atoms with Crippen LogP contribution in [0, 0.1) is 5.92 Å². The minimum atomic E-state index is -0.0713. The average Bonchev–Trinajstić information content (AvgIpc) is 2.41. The van der Waals surface area contributed by atoms with Crippen molar-refractivity contribution < 1.29 is 14.3 Å². The number of rotatable bonds is 4. The normalized spacial score (nSPS) is 23.4. The summed E-state index contributed by atoms with van der Waals surface area (Å²) in [5.74, 6) is 0.567. The summed E-state index contributed by atoms with van der Waals surface area (Å²) in [5.41, 5.74) is 0. The molecule has 1 aromatic rings. The zero-order valence-electron chi connectivity index (χ0n) is 10.5. The Morgan fingerprint density at radius 1 is 1.39 bits per heavy atom. The summed E-state index contributed by atoms with van der Waals surface area (Å²) in [4.78, 5) is 19.5. The third kappa shape index (κ3) is 3.42. The van der Waals surface area contributed by atoms with Crippen molar-refractivity contribution in [3.05, 3.63) is 18.6 Å². The molecule has 1 aromatic heterocycles. The molecule has 98 valence electrons. The number of esters is 1. The van der Waals surface area contributed by atoms with Gasteiger partial charge in [-0.3, -0.25) is 4.79 Å². The van der Waals surface area contributed by atoms with Crippen LogP contribution in [0.1, 0.15) is 32.6 Å². The second kappa shape index (κ2) is 6.33. The molecule has 1 aliphatic carbocycles. The molecular weight excluding hydrogens is 232 g/mol. The Bertz CT molecular complexity index is 375. The van der Waals surface area contributed by atoms with Crippen LogP contribution in [-0.4, -0.2) is 28.6 Å². The molecule has 1 heterocycles. The van der Waals surface area contributed by atoms with Crippen molar-refractivity contribution in [3.63, 3.8) is 0 Å². The Morgan fingerprint density at radius 2 is 2.17 bits per heavy atom. The highest BCUT2D eigenvalue weighted by molar-refractivity contribution is 5.72. The Morgan fingerprint density at radius 3 is 2.78 bits per heavy atom. The van der Waals surface area contributed by atoms with Crippen LogP contribution in [-0.2, 0) is 9.53 Å². The largest absolute Gasteiger partial charge is 0.474 e. The van der Waals surface area contributed by atoms with Crippen LogP contribution in [0.3, 0.4) is 0 Å². The van der Waals surface area contributed by atoms with Gasteiger partial charge in [0.2, 0.25) is 5.88 Å². The molecular formula is C13H18N2O3. The molecule has 0 aromatic carbocycles. The van der Waals surface area contributed by atoms with E-state index in [-0.39, 0.29) is 18.0 Å². The number of aromatic nitrogens is 2. The average molecular weight is 250 g/mol. The van der Waals surface area contributed by atoms with Crippen LogP contribution in [0.5, 0.6) is 5.88 Å². The van der Waals surface area contributed by atoms with Gasteiger partial charge in [-0.05, 0) is 32.6 Å². The first-order chi connectivity index (χ1) is 8.79. The van der Waals surface area contributed by atoms with Crippen molar-refractivity contribution in [1.29, 1.82) is 0 Å². The third-order valence-corrected chi connectivity index (χ3v) is 3.14. The Balaban J connectivity index is 1.78. The monoisotopic (exact) mass is 250 g/mol. The van der Waals surface area contributed by atoms with E-state index in [1.54, 1.807) is 12.3 Å². The highest BCUT2D eigenvalue weighted by Crippen LogP contribution is 2.27. The summed E-state index contributed by atoms with van der Waals surface area (Å²) in [5, 5.41) is 0. The van der Waals surface area contributed by atoms with E-state index in [9.17, 15) is 4.79 Å². The van der Waals surface area contributed by atoms with Gasteiger partial charge in [-0.1, -0.05) is 0 Å². The second-order valence-electron chi connectivity index (χ2n) is 4.39. The molecule has 0 unspecified atom stereocenters. The predicted octanol–water partition coefficient (Wildman–Crippen LogP) is 1.98. The standard InChI is InChI=1S/C13H18N2O3/c1-2-17-13(16)10-3-5-11(6-4-10)18-12-7-8-14-9-15-12/h7-11H,2-6H2,1H3. The fraction of sp³-hybridized carbons (Fsp3) is 0.615. The lowest BCUT2D eigenvalue weighted by Gasteiger charge is -2.27. The zero-order chi connectivity index (χ0) is 12.8. The minimum absolute atomic E-state index is 0.0372. The second-order valence-corrected chi connectivity index (χ2v) is 4.39. The number of nitrogens with zero attached hydrogens (tertiary/aromatic N) is 2. The van der Waals surface area contributed by atoms with Gasteiger partial charge in [0.15, 0.2) is 0 Å². The van der Waals surface area contributed by atoms with Crippen molar-refractivity contribution in [1.82, 2.24) is 9.97 Å². The summed E-state index contributed by atoms with van der Waals surface area (Å²) in [6.07, 6.45) is 6.67. The van der Waals surface area contributed by atoms with Gasteiger partial charge in [0, 0.05) is 12.3 Å². The van der Waals surface area contributed by atoms with Gasteiger partial charge >= 0.3 is 5.97 Å². The molecule has 1 fully saturated rings. The molecule has 0 spiro atoms. The molecule has 0 aliphatic heterocycles. The SMILES string of the molecule is CCOC(=O)C1CCC(Oc2ccncn2)CC1. The quantitative estimate of drug-likeness (QED) is 0.765. The number of hydrogen-bond acceptors (Lipinski definition) is 5. The molecule has 0 N–H and O–H groups in total. The first kappa shape index (κ1) is 12.8. The molecule has 0 amide bonds. The smallest absolute Gasteiger partial charge is 0.308 e. The van der Waals surface area contributed by atoms with Crippen molar-refractivity contribution in [2.45, 2.75) is 38.7 Å². The summed E-state index contributed by atoms with van der Waals surface area (Å²) in [6.45, 7) is 2.29. The van der Waals surface area contributed by atoms with Gasteiger partial charge in [0.1, 0.15) is 12.4 Å². The van der Waals surface area contributed by atoms with E-state index in [4.69, 9.17) is 9.47 Å². The topological polar surface area (TPSA) is 61.3 Å².